The maximum absolute atomic E-state index is 2.35. The average molecular weight is 271 g/mol. The molecule has 0 nitrogen and oxygen atoms in total. The summed E-state index contributed by atoms with van der Waals surface area (Å²) in [4.78, 5) is 0. The van der Waals surface area contributed by atoms with Crippen molar-refractivity contribution < 1.29 is 24.7 Å². The summed E-state index contributed by atoms with van der Waals surface area (Å²) in [7, 11) is 0. The number of hydrogen-bond donors (Lipinski definition) is 0. The molecule has 1 aliphatic carbocycles. The molecule has 0 N–H and O–H groups in total. The van der Waals surface area contributed by atoms with Gasteiger partial charge in [-0.25, -0.2) is 0 Å². The fourth-order valence-corrected chi connectivity index (χ4v) is 1.83. The van der Waals surface area contributed by atoms with Crippen molar-refractivity contribution in [3.05, 3.63) is 20.5 Å². The molecule has 0 amide bonds. The molecule has 0 saturated heterocycles. The van der Waals surface area contributed by atoms with Crippen molar-refractivity contribution in [2.75, 3.05) is 0 Å². The van der Waals surface area contributed by atoms with E-state index in [9.17, 15) is 0 Å². The SMILES string of the molecule is CC1=CC(C)[C]([Zr])=C1C.Cl.Cl. The summed E-state index contributed by atoms with van der Waals surface area (Å²) in [6.45, 7) is 6.69. The monoisotopic (exact) mass is 269 g/mol. The molecule has 1 unspecified atom stereocenters. The molecule has 0 heterocycles. The van der Waals surface area contributed by atoms with Crippen LogP contribution in [0.15, 0.2) is 20.5 Å². The summed E-state index contributed by atoms with van der Waals surface area (Å²) >= 11 is 1.58. The van der Waals surface area contributed by atoms with Gasteiger partial charge in [0, 0.05) is 0 Å². The van der Waals surface area contributed by atoms with E-state index in [2.05, 4.69) is 26.8 Å². The van der Waals surface area contributed by atoms with Gasteiger partial charge in [-0.05, 0) is 0 Å². The molecule has 1 atom stereocenters. The van der Waals surface area contributed by atoms with Crippen molar-refractivity contribution in [2.45, 2.75) is 20.8 Å². The average Bonchev–Trinajstić information content (AvgIpc) is 1.98. The summed E-state index contributed by atoms with van der Waals surface area (Å²) < 4.78 is 1.62. The van der Waals surface area contributed by atoms with Crippen molar-refractivity contribution in [3.8, 4) is 0 Å². The third kappa shape index (κ3) is 3.05. The van der Waals surface area contributed by atoms with E-state index in [0.717, 1.165) is 5.92 Å². The molecule has 11 heavy (non-hydrogen) atoms. The molecule has 0 aliphatic heterocycles. The van der Waals surface area contributed by atoms with Gasteiger partial charge in [0.15, 0.2) is 0 Å². The largest absolute Gasteiger partial charge is 0.147 e. The van der Waals surface area contributed by atoms with Crippen molar-refractivity contribution in [2.24, 2.45) is 5.92 Å². The first-order valence-electron chi connectivity index (χ1n) is 3.24. The smallest absolute Gasteiger partial charge is 0.147 e. The van der Waals surface area contributed by atoms with E-state index in [1.54, 1.807) is 28.0 Å². The van der Waals surface area contributed by atoms with Crippen molar-refractivity contribution in [3.63, 3.8) is 0 Å². The van der Waals surface area contributed by atoms with Crippen LogP contribution in [0.4, 0.5) is 0 Å². The fourth-order valence-electron chi connectivity index (χ4n) is 1.14. The minimum atomic E-state index is 0. The van der Waals surface area contributed by atoms with E-state index in [0.29, 0.717) is 0 Å². The van der Waals surface area contributed by atoms with Gasteiger partial charge in [0.2, 0.25) is 0 Å². The molecular weight excluding hydrogens is 258 g/mol. The molecule has 0 fully saturated rings. The van der Waals surface area contributed by atoms with Gasteiger partial charge < -0.3 is 0 Å². The minimum Gasteiger partial charge on any atom is -0.147 e. The Bertz CT molecular complexity index is 194. The van der Waals surface area contributed by atoms with Gasteiger partial charge >= 0.3 is 71.9 Å². The zero-order chi connectivity index (χ0) is 7.02. The standard InChI is InChI=1S/C8H11.2ClH.Zr/c1-6-4-7(2)8(3)5-6;;;/h4,6H,1-3H3;2*1H;. The van der Waals surface area contributed by atoms with Gasteiger partial charge in [0.25, 0.3) is 0 Å². The normalized spacial score (nSPS) is 22.0. The molecule has 63 valence electrons. The zero-order valence-corrected chi connectivity index (χ0v) is 11.1. The van der Waals surface area contributed by atoms with E-state index in [1.165, 1.54) is 11.1 Å². The number of hydrogen-bond acceptors (Lipinski definition) is 0. The van der Waals surface area contributed by atoms with Crippen LogP contribution in [0.2, 0.25) is 0 Å². The summed E-state index contributed by atoms with van der Waals surface area (Å²) in [5.41, 5.74) is 3.01. The van der Waals surface area contributed by atoms with Crippen LogP contribution in [-0.4, -0.2) is 0 Å². The zero-order valence-electron chi connectivity index (χ0n) is 6.97. The molecular formula is C8H13Cl2Zr. The number of allylic oxidation sites excluding steroid dienone is 4. The molecule has 3 heteroatoms. The molecule has 0 saturated carbocycles. The van der Waals surface area contributed by atoms with Gasteiger partial charge in [-0.3, -0.25) is 0 Å². The predicted molar refractivity (Wildman–Crippen MR) is 50.1 cm³/mol. The summed E-state index contributed by atoms with van der Waals surface area (Å²) in [5, 5.41) is 0. The van der Waals surface area contributed by atoms with E-state index in [1.807, 2.05) is 0 Å². The van der Waals surface area contributed by atoms with Crippen LogP contribution in [0.3, 0.4) is 0 Å². The second-order valence-electron chi connectivity index (χ2n) is 2.68. The first kappa shape index (κ1) is 14.5. The third-order valence-electron chi connectivity index (χ3n) is 1.95. The molecule has 1 aliphatic rings. The van der Waals surface area contributed by atoms with Gasteiger partial charge in [-0.1, -0.05) is 0 Å². The van der Waals surface area contributed by atoms with Crippen molar-refractivity contribution in [1.82, 2.24) is 0 Å². The van der Waals surface area contributed by atoms with Crippen LogP contribution in [0.1, 0.15) is 20.8 Å². The molecule has 0 radical (unpaired) electrons. The minimum absolute atomic E-state index is 0. The first-order chi connectivity index (χ1) is 4.13. The summed E-state index contributed by atoms with van der Waals surface area (Å²) in [6, 6.07) is 0. The predicted octanol–water partition coefficient (Wildman–Crippen LogP) is 3.25. The Morgan fingerprint density at radius 1 is 1.27 bits per heavy atom. The maximum atomic E-state index is 2.35. The first-order valence-corrected chi connectivity index (χ1v) is 4.47. The second kappa shape index (κ2) is 5.57. The van der Waals surface area contributed by atoms with Crippen LogP contribution < -0.4 is 0 Å². The third-order valence-corrected chi connectivity index (χ3v) is 3.99. The molecule has 0 aromatic rings. The van der Waals surface area contributed by atoms with Gasteiger partial charge in [0.05, 0.1) is 0 Å². The number of halogens is 2. The quantitative estimate of drug-likeness (QED) is 0.634. The van der Waals surface area contributed by atoms with E-state index in [-0.39, 0.29) is 24.8 Å². The van der Waals surface area contributed by atoms with Gasteiger partial charge in [-0.15, -0.1) is 24.8 Å². The maximum Gasteiger partial charge on any atom is -0.147 e. The van der Waals surface area contributed by atoms with Crippen LogP contribution in [0.25, 0.3) is 0 Å². The molecule has 0 bridgehead atoms. The van der Waals surface area contributed by atoms with Crippen molar-refractivity contribution >= 4 is 24.8 Å². The molecule has 1 rings (SSSR count). The Hall–Kier alpha value is 0.943. The Kier molecular flexibility index (Phi) is 7.32. The summed E-state index contributed by atoms with van der Waals surface area (Å²) in [6.07, 6.45) is 2.35. The van der Waals surface area contributed by atoms with Crippen LogP contribution in [0, 0.1) is 5.92 Å². The molecule has 0 aromatic carbocycles. The van der Waals surface area contributed by atoms with E-state index < -0.39 is 0 Å². The summed E-state index contributed by atoms with van der Waals surface area (Å²) in [5.74, 6) is 0.725. The molecule has 0 aromatic heterocycles. The Morgan fingerprint density at radius 2 is 1.73 bits per heavy atom. The topological polar surface area (TPSA) is 0 Å². The van der Waals surface area contributed by atoms with Crippen molar-refractivity contribution in [1.29, 1.82) is 0 Å². The fraction of sp³-hybridized carbons (Fsp3) is 0.500. The van der Waals surface area contributed by atoms with Gasteiger partial charge in [0.1, 0.15) is 0 Å². The Labute approximate surface area is 96.2 Å². The van der Waals surface area contributed by atoms with Crippen LogP contribution in [0.5, 0.6) is 0 Å². The van der Waals surface area contributed by atoms with E-state index >= 15 is 0 Å². The molecule has 0 spiro atoms. The van der Waals surface area contributed by atoms with Crippen LogP contribution in [-0.2, 0) is 24.7 Å². The number of rotatable bonds is 0. The Morgan fingerprint density at radius 3 is 1.82 bits per heavy atom. The van der Waals surface area contributed by atoms with Crippen LogP contribution >= 0.6 is 24.8 Å². The van der Waals surface area contributed by atoms with E-state index in [4.69, 9.17) is 0 Å². The Balaban J connectivity index is 0. The second-order valence-corrected chi connectivity index (χ2v) is 4.00. The van der Waals surface area contributed by atoms with Gasteiger partial charge in [-0.2, -0.15) is 0 Å².